The molecule has 0 fully saturated rings. The molecule has 0 N–H and O–H groups in total. The average molecular weight is 273 g/mol. The van der Waals surface area contributed by atoms with Crippen molar-refractivity contribution in [1.82, 2.24) is 0 Å². The summed E-state index contributed by atoms with van der Waals surface area (Å²) in [6.07, 6.45) is 0. The fourth-order valence-corrected chi connectivity index (χ4v) is 2.15. The van der Waals surface area contributed by atoms with Crippen molar-refractivity contribution < 1.29 is 4.74 Å². The van der Waals surface area contributed by atoms with Crippen LogP contribution in [0.1, 0.15) is 23.4 Å². The minimum absolute atomic E-state index is 0.206. The molecule has 0 saturated heterocycles. The van der Waals surface area contributed by atoms with Crippen LogP contribution < -0.4 is 4.74 Å². The molecule has 0 aliphatic rings. The highest BCUT2D eigenvalue weighted by molar-refractivity contribution is 6.22. The van der Waals surface area contributed by atoms with Crippen LogP contribution in [0.4, 0.5) is 0 Å². The zero-order valence-electron chi connectivity index (χ0n) is 11.0. The summed E-state index contributed by atoms with van der Waals surface area (Å²) in [6, 6.07) is 17.9. The van der Waals surface area contributed by atoms with Crippen LogP contribution in [0.2, 0.25) is 0 Å². The first-order chi connectivity index (χ1) is 9.18. The minimum atomic E-state index is -0.206. The summed E-state index contributed by atoms with van der Waals surface area (Å²) in [5.74, 6) is 0.814. The zero-order valence-corrected chi connectivity index (χ0v) is 11.7. The molecule has 0 spiro atoms. The van der Waals surface area contributed by atoms with Crippen molar-refractivity contribution in [2.45, 2.75) is 12.3 Å². The van der Waals surface area contributed by atoms with Gasteiger partial charge in [0, 0.05) is 5.56 Å². The van der Waals surface area contributed by atoms with Crippen LogP contribution in [0.15, 0.2) is 66.7 Å². The first-order valence-electron chi connectivity index (χ1n) is 6.23. The van der Waals surface area contributed by atoms with Gasteiger partial charge in [0.2, 0.25) is 0 Å². The number of hydrogen-bond acceptors (Lipinski definition) is 1. The topological polar surface area (TPSA) is 9.23 Å². The quantitative estimate of drug-likeness (QED) is 0.552. The lowest BCUT2D eigenvalue weighted by Crippen LogP contribution is -2.02. The number of halogens is 1. The van der Waals surface area contributed by atoms with Gasteiger partial charge < -0.3 is 4.74 Å². The van der Waals surface area contributed by atoms with Crippen LogP contribution in [0.3, 0.4) is 0 Å². The van der Waals surface area contributed by atoms with Gasteiger partial charge in [0.25, 0.3) is 0 Å². The van der Waals surface area contributed by atoms with Crippen LogP contribution >= 0.6 is 11.6 Å². The van der Waals surface area contributed by atoms with E-state index in [0.29, 0.717) is 6.61 Å². The Balaban J connectivity index is 2.26. The molecule has 0 aromatic heterocycles. The second kappa shape index (κ2) is 6.44. The van der Waals surface area contributed by atoms with Gasteiger partial charge in [-0.05, 0) is 24.1 Å². The molecule has 98 valence electrons. The summed E-state index contributed by atoms with van der Waals surface area (Å²) in [7, 11) is 0. The fourth-order valence-electron chi connectivity index (χ4n) is 1.82. The number of hydrogen-bond donors (Lipinski definition) is 0. The van der Waals surface area contributed by atoms with Crippen molar-refractivity contribution in [3.63, 3.8) is 0 Å². The van der Waals surface area contributed by atoms with E-state index in [9.17, 15) is 0 Å². The van der Waals surface area contributed by atoms with Gasteiger partial charge in [-0.2, -0.15) is 0 Å². The van der Waals surface area contributed by atoms with Crippen molar-refractivity contribution in [3.05, 3.63) is 77.9 Å². The van der Waals surface area contributed by atoms with Gasteiger partial charge in [0.15, 0.2) is 0 Å². The van der Waals surface area contributed by atoms with Gasteiger partial charge in [0.1, 0.15) is 12.4 Å². The van der Waals surface area contributed by atoms with E-state index < -0.39 is 0 Å². The molecule has 2 aromatic rings. The molecule has 0 saturated carbocycles. The summed E-state index contributed by atoms with van der Waals surface area (Å²) < 4.78 is 5.76. The molecule has 2 aromatic carbocycles. The predicted octanol–water partition coefficient (Wildman–Crippen LogP) is 4.97. The normalized spacial score (nSPS) is 11.9. The third kappa shape index (κ3) is 3.62. The van der Waals surface area contributed by atoms with E-state index in [1.807, 2.05) is 61.5 Å². The first-order valence-corrected chi connectivity index (χ1v) is 6.67. The van der Waals surface area contributed by atoms with E-state index in [2.05, 4.69) is 6.58 Å². The van der Waals surface area contributed by atoms with Gasteiger partial charge in [-0.15, -0.1) is 11.6 Å². The maximum Gasteiger partial charge on any atom is 0.124 e. The first kappa shape index (κ1) is 13.7. The fraction of sp³-hybridized carbons (Fsp3) is 0.176. The van der Waals surface area contributed by atoms with Crippen molar-refractivity contribution in [2.24, 2.45) is 0 Å². The number of para-hydroxylation sites is 1. The molecule has 1 nitrogen and oxygen atoms in total. The van der Waals surface area contributed by atoms with Crippen molar-refractivity contribution in [2.75, 3.05) is 6.61 Å². The Kier molecular flexibility index (Phi) is 4.64. The molecule has 0 aliphatic carbocycles. The number of rotatable bonds is 5. The smallest absolute Gasteiger partial charge is 0.124 e. The lowest BCUT2D eigenvalue weighted by Gasteiger charge is -2.16. The summed E-state index contributed by atoms with van der Waals surface area (Å²) in [5.41, 5.74) is 3.03. The summed E-state index contributed by atoms with van der Waals surface area (Å²) in [4.78, 5) is 0. The molecule has 0 bridgehead atoms. The lowest BCUT2D eigenvalue weighted by atomic mass is 10.0. The Bertz CT molecular complexity index is 548. The number of ether oxygens (including phenoxy) is 1. The maximum absolute atomic E-state index is 6.55. The highest BCUT2D eigenvalue weighted by Gasteiger charge is 2.15. The number of benzene rings is 2. The van der Waals surface area contributed by atoms with E-state index in [0.717, 1.165) is 22.4 Å². The highest BCUT2D eigenvalue weighted by Crippen LogP contribution is 2.34. The molecule has 0 aliphatic heterocycles. The monoisotopic (exact) mass is 272 g/mol. The van der Waals surface area contributed by atoms with E-state index in [4.69, 9.17) is 16.3 Å². The summed E-state index contributed by atoms with van der Waals surface area (Å²) in [5, 5.41) is -0.206. The largest absolute Gasteiger partial charge is 0.489 e. The van der Waals surface area contributed by atoms with Gasteiger partial charge in [-0.25, -0.2) is 0 Å². The Morgan fingerprint density at radius 2 is 1.74 bits per heavy atom. The maximum atomic E-state index is 6.55. The van der Waals surface area contributed by atoms with Gasteiger partial charge >= 0.3 is 0 Å². The van der Waals surface area contributed by atoms with Crippen LogP contribution in [-0.4, -0.2) is 6.61 Å². The van der Waals surface area contributed by atoms with E-state index in [1.165, 1.54) is 0 Å². The Labute approximate surface area is 119 Å². The van der Waals surface area contributed by atoms with Crippen molar-refractivity contribution >= 4 is 11.6 Å². The standard InChI is InChI=1S/C17H17ClO/c1-13(2)12-19-16-11-7-6-10-15(16)17(18)14-8-4-3-5-9-14/h3-11,17H,1,12H2,2H3. The predicted molar refractivity (Wildman–Crippen MR) is 80.9 cm³/mol. The SMILES string of the molecule is C=C(C)COc1ccccc1C(Cl)c1ccccc1. The third-order valence-corrected chi connectivity index (χ3v) is 3.25. The van der Waals surface area contributed by atoms with Crippen LogP contribution in [0, 0.1) is 0 Å². The molecule has 1 atom stereocenters. The Morgan fingerprint density at radius 3 is 2.42 bits per heavy atom. The second-order valence-corrected chi connectivity index (χ2v) is 4.99. The Hall–Kier alpha value is -1.73. The van der Waals surface area contributed by atoms with Crippen molar-refractivity contribution in [1.29, 1.82) is 0 Å². The second-order valence-electron chi connectivity index (χ2n) is 4.56. The third-order valence-electron chi connectivity index (χ3n) is 2.76. The molecule has 1 unspecified atom stereocenters. The molecule has 2 heteroatoms. The molecule has 2 rings (SSSR count). The molecule has 19 heavy (non-hydrogen) atoms. The van der Waals surface area contributed by atoms with Gasteiger partial charge in [0.05, 0.1) is 5.38 Å². The zero-order chi connectivity index (χ0) is 13.7. The Morgan fingerprint density at radius 1 is 1.11 bits per heavy atom. The van der Waals surface area contributed by atoms with Gasteiger partial charge in [-0.3, -0.25) is 0 Å². The molecular weight excluding hydrogens is 256 g/mol. The summed E-state index contributed by atoms with van der Waals surface area (Å²) >= 11 is 6.55. The van der Waals surface area contributed by atoms with E-state index >= 15 is 0 Å². The van der Waals surface area contributed by atoms with E-state index in [1.54, 1.807) is 0 Å². The van der Waals surface area contributed by atoms with Crippen LogP contribution in [0.5, 0.6) is 5.75 Å². The number of alkyl halides is 1. The van der Waals surface area contributed by atoms with E-state index in [-0.39, 0.29) is 5.38 Å². The average Bonchev–Trinajstić information content (AvgIpc) is 2.45. The van der Waals surface area contributed by atoms with Crippen molar-refractivity contribution in [3.8, 4) is 5.75 Å². The molecule has 0 amide bonds. The molecule has 0 radical (unpaired) electrons. The highest BCUT2D eigenvalue weighted by atomic mass is 35.5. The lowest BCUT2D eigenvalue weighted by molar-refractivity contribution is 0.349. The van der Waals surface area contributed by atoms with Crippen LogP contribution in [-0.2, 0) is 0 Å². The molecular formula is C17H17ClO. The van der Waals surface area contributed by atoms with Crippen LogP contribution in [0.25, 0.3) is 0 Å². The molecule has 0 heterocycles. The minimum Gasteiger partial charge on any atom is -0.489 e. The van der Waals surface area contributed by atoms with Gasteiger partial charge in [-0.1, -0.05) is 55.1 Å². The summed E-state index contributed by atoms with van der Waals surface area (Å²) in [6.45, 7) is 6.30.